The molecule has 0 saturated carbocycles. The summed E-state index contributed by atoms with van der Waals surface area (Å²) in [5, 5.41) is 4.74. The fourth-order valence-electron chi connectivity index (χ4n) is 3.75. The third-order valence-electron chi connectivity index (χ3n) is 4.86. The fraction of sp³-hybridized carbons (Fsp3) is 0.263. The smallest absolute Gasteiger partial charge is 0.120 e. The van der Waals surface area contributed by atoms with Gasteiger partial charge in [0.05, 0.1) is 7.11 Å². The van der Waals surface area contributed by atoms with E-state index in [0.717, 1.165) is 17.7 Å². The van der Waals surface area contributed by atoms with Gasteiger partial charge in [0.2, 0.25) is 0 Å². The summed E-state index contributed by atoms with van der Waals surface area (Å²) in [5.41, 5.74) is 5.39. The van der Waals surface area contributed by atoms with Crippen molar-refractivity contribution < 1.29 is 4.74 Å². The number of methoxy groups -OCH3 is 1. The van der Waals surface area contributed by atoms with Crippen molar-refractivity contribution in [2.75, 3.05) is 14.2 Å². The van der Waals surface area contributed by atoms with E-state index >= 15 is 0 Å². The van der Waals surface area contributed by atoms with Gasteiger partial charge in [0, 0.05) is 35.1 Å². The Labute approximate surface area is 130 Å². The summed E-state index contributed by atoms with van der Waals surface area (Å²) in [6.45, 7) is 0. The van der Waals surface area contributed by atoms with Gasteiger partial charge in [0.25, 0.3) is 0 Å². The van der Waals surface area contributed by atoms with Crippen molar-refractivity contribution in [1.29, 1.82) is 0 Å². The number of rotatable bonds is 3. The minimum Gasteiger partial charge on any atom is -0.497 e. The lowest BCUT2D eigenvalue weighted by Gasteiger charge is -2.11. The first-order valence-electron chi connectivity index (χ1n) is 7.73. The van der Waals surface area contributed by atoms with Crippen molar-refractivity contribution in [3.63, 3.8) is 0 Å². The van der Waals surface area contributed by atoms with Crippen LogP contribution in [0.5, 0.6) is 5.75 Å². The maximum Gasteiger partial charge on any atom is 0.120 e. The number of ether oxygens (including phenoxy) is 1. The maximum atomic E-state index is 5.32. The monoisotopic (exact) mass is 292 g/mol. The van der Waals surface area contributed by atoms with Gasteiger partial charge in [-0.1, -0.05) is 24.3 Å². The van der Waals surface area contributed by atoms with Crippen LogP contribution in [-0.4, -0.2) is 19.1 Å². The van der Waals surface area contributed by atoms with Crippen molar-refractivity contribution in [2.45, 2.75) is 18.4 Å². The first kappa shape index (κ1) is 13.4. The van der Waals surface area contributed by atoms with E-state index in [2.05, 4.69) is 52.9 Å². The lowest BCUT2D eigenvalue weighted by atomic mass is 9.92. The number of H-pyrrole nitrogens is 1. The van der Waals surface area contributed by atoms with Crippen LogP contribution in [0.3, 0.4) is 0 Å². The fourth-order valence-corrected chi connectivity index (χ4v) is 3.75. The first-order valence-corrected chi connectivity index (χ1v) is 7.73. The van der Waals surface area contributed by atoms with Crippen LogP contribution < -0.4 is 10.1 Å². The Morgan fingerprint density at radius 2 is 1.91 bits per heavy atom. The molecule has 112 valence electrons. The van der Waals surface area contributed by atoms with Crippen LogP contribution in [0.2, 0.25) is 0 Å². The molecule has 2 aromatic carbocycles. The Balaban J connectivity index is 1.83. The van der Waals surface area contributed by atoms with E-state index in [0.29, 0.717) is 12.0 Å². The van der Waals surface area contributed by atoms with Gasteiger partial charge in [-0.2, -0.15) is 0 Å². The Morgan fingerprint density at radius 3 is 2.68 bits per heavy atom. The highest BCUT2D eigenvalue weighted by Crippen LogP contribution is 2.45. The quantitative estimate of drug-likeness (QED) is 0.766. The molecule has 4 rings (SSSR count). The maximum absolute atomic E-state index is 5.32. The SMILES string of the molecule is CNC1C[C@@H](c2c[nH]c3cc(OC)ccc23)c2ccccc21. The molecule has 0 aliphatic heterocycles. The molecule has 0 saturated heterocycles. The average Bonchev–Trinajstić information content (AvgIpc) is 3.14. The normalized spacial score (nSPS) is 20.3. The third-order valence-corrected chi connectivity index (χ3v) is 4.86. The number of aromatic nitrogens is 1. The molecular weight excluding hydrogens is 272 g/mol. The number of aromatic amines is 1. The average molecular weight is 292 g/mol. The van der Waals surface area contributed by atoms with Crippen molar-refractivity contribution >= 4 is 10.9 Å². The van der Waals surface area contributed by atoms with Gasteiger partial charge < -0.3 is 15.0 Å². The highest BCUT2D eigenvalue weighted by Gasteiger charge is 2.31. The lowest BCUT2D eigenvalue weighted by Crippen LogP contribution is -2.13. The molecule has 1 aliphatic rings. The van der Waals surface area contributed by atoms with E-state index in [9.17, 15) is 0 Å². The van der Waals surface area contributed by atoms with Gasteiger partial charge in [-0.3, -0.25) is 0 Å². The van der Waals surface area contributed by atoms with Crippen LogP contribution in [0.4, 0.5) is 0 Å². The summed E-state index contributed by atoms with van der Waals surface area (Å²) >= 11 is 0. The Hall–Kier alpha value is -2.26. The van der Waals surface area contributed by atoms with Crippen LogP contribution in [0, 0.1) is 0 Å². The number of fused-ring (bicyclic) bond motifs is 2. The molecule has 0 amide bonds. The van der Waals surface area contributed by atoms with Crippen LogP contribution in [0.25, 0.3) is 10.9 Å². The summed E-state index contributed by atoms with van der Waals surface area (Å²) < 4.78 is 5.32. The molecular formula is C19H20N2O. The topological polar surface area (TPSA) is 37.0 Å². The first-order chi connectivity index (χ1) is 10.8. The minimum absolute atomic E-state index is 0.435. The molecule has 1 aliphatic carbocycles. The van der Waals surface area contributed by atoms with Crippen molar-refractivity contribution in [2.24, 2.45) is 0 Å². The molecule has 0 bridgehead atoms. The number of benzene rings is 2. The Bertz CT molecular complexity index is 821. The molecule has 0 spiro atoms. The summed E-state index contributed by atoms with van der Waals surface area (Å²) in [6, 6.07) is 15.5. The van der Waals surface area contributed by atoms with Gasteiger partial charge in [0.1, 0.15) is 5.75 Å². The van der Waals surface area contributed by atoms with Crippen LogP contribution in [0.1, 0.15) is 35.1 Å². The molecule has 22 heavy (non-hydrogen) atoms. The van der Waals surface area contributed by atoms with E-state index in [1.54, 1.807) is 7.11 Å². The molecule has 2 N–H and O–H groups in total. The summed E-state index contributed by atoms with van der Waals surface area (Å²) in [6.07, 6.45) is 3.26. The van der Waals surface area contributed by atoms with E-state index in [1.165, 1.54) is 22.1 Å². The highest BCUT2D eigenvalue weighted by molar-refractivity contribution is 5.85. The molecule has 1 aromatic heterocycles. The predicted octanol–water partition coefficient (Wildman–Crippen LogP) is 3.97. The van der Waals surface area contributed by atoms with E-state index in [-0.39, 0.29) is 0 Å². The molecule has 2 atom stereocenters. The van der Waals surface area contributed by atoms with Crippen LogP contribution >= 0.6 is 0 Å². The Morgan fingerprint density at radius 1 is 1.09 bits per heavy atom. The molecule has 1 heterocycles. The Kier molecular flexibility index (Phi) is 3.16. The van der Waals surface area contributed by atoms with Gasteiger partial charge in [-0.25, -0.2) is 0 Å². The van der Waals surface area contributed by atoms with E-state index in [4.69, 9.17) is 4.74 Å². The summed E-state index contributed by atoms with van der Waals surface area (Å²) in [7, 11) is 3.75. The van der Waals surface area contributed by atoms with Crippen molar-refractivity contribution in [1.82, 2.24) is 10.3 Å². The molecule has 3 nitrogen and oxygen atoms in total. The molecule has 0 radical (unpaired) electrons. The zero-order valence-corrected chi connectivity index (χ0v) is 12.9. The number of nitrogens with one attached hydrogen (secondary N) is 2. The molecule has 0 fully saturated rings. The minimum atomic E-state index is 0.435. The predicted molar refractivity (Wildman–Crippen MR) is 89.6 cm³/mol. The number of hydrogen-bond donors (Lipinski definition) is 2. The van der Waals surface area contributed by atoms with Gasteiger partial charge in [0.15, 0.2) is 0 Å². The number of hydrogen-bond acceptors (Lipinski definition) is 2. The van der Waals surface area contributed by atoms with E-state index < -0.39 is 0 Å². The second-order valence-corrected chi connectivity index (χ2v) is 5.91. The van der Waals surface area contributed by atoms with E-state index in [1.807, 2.05) is 13.1 Å². The van der Waals surface area contributed by atoms with Gasteiger partial charge >= 0.3 is 0 Å². The second-order valence-electron chi connectivity index (χ2n) is 5.91. The second kappa shape index (κ2) is 5.18. The highest BCUT2D eigenvalue weighted by atomic mass is 16.5. The summed E-state index contributed by atoms with van der Waals surface area (Å²) in [4.78, 5) is 3.40. The van der Waals surface area contributed by atoms with Gasteiger partial charge in [-0.15, -0.1) is 0 Å². The zero-order chi connectivity index (χ0) is 15.1. The van der Waals surface area contributed by atoms with Crippen LogP contribution in [-0.2, 0) is 0 Å². The lowest BCUT2D eigenvalue weighted by molar-refractivity contribution is 0.415. The molecule has 3 aromatic rings. The molecule has 3 heteroatoms. The standard InChI is InChI=1S/C19H20N2O/c1-20-18-10-16(13-5-3-4-6-14(13)18)17-11-21-19-9-12(22-2)7-8-15(17)19/h3-9,11,16,18,20-21H,10H2,1-2H3/t16-,18?/m1/s1. The van der Waals surface area contributed by atoms with Gasteiger partial charge in [-0.05, 0) is 42.3 Å². The van der Waals surface area contributed by atoms with Crippen molar-refractivity contribution in [3.8, 4) is 5.75 Å². The third kappa shape index (κ3) is 1.93. The zero-order valence-electron chi connectivity index (χ0n) is 12.9. The molecule has 1 unspecified atom stereocenters. The summed E-state index contributed by atoms with van der Waals surface area (Å²) in [5.74, 6) is 1.33. The van der Waals surface area contributed by atoms with Crippen LogP contribution in [0.15, 0.2) is 48.7 Å². The largest absolute Gasteiger partial charge is 0.497 e. The van der Waals surface area contributed by atoms with Crippen molar-refractivity contribution in [3.05, 3.63) is 65.4 Å².